The van der Waals surface area contributed by atoms with E-state index in [4.69, 9.17) is 11.5 Å². The fraction of sp³-hybridized carbons (Fsp3) is 0.500. The monoisotopic (exact) mass is 182 g/mol. The quantitative estimate of drug-likeness (QED) is 0.674. The summed E-state index contributed by atoms with van der Waals surface area (Å²) in [6, 6.07) is 0. The minimum absolute atomic E-state index is 0.435. The second-order valence-electron chi connectivity index (χ2n) is 3.54. The van der Waals surface area contributed by atoms with Crippen LogP contribution in [0.15, 0.2) is 6.20 Å². The highest BCUT2D eigenvalue weighted by Gasteiger charge is 2.28. The number of amides is 1. The summed E-state index contributed by atoms with van der Waals surface area (Å²) in [4.78, 5) is 11.1. The van der Waals surface area contributed by atoms with Crippen molar-refractivity contribution < 1.29 is 4.79 Å². The highest BCUT2D eigenvalue weighted by molar-refractivity contribution is 5.81. The van der Waals surface area contributed by atoms with Crippen molar-refractivity contribution in [3.63, 3.8) is 0 Å². The smallest absolute Gasteiger partial charge is 0.244 e. The highest BCUT2D eigenvalue weighted by Crippen LogP contribution is 2.17. The van der Waals surface area contributed by atoms with Gasteiger partial charge in [0.2, 0.25) is 5.91 Å². The van der Waals surface area contributed by atoms with Gasteiger partial charge in [-0.2, -0.15) is 5.10 Å². The Bertz CT molecular complexity index is 320. The zero-order valence-electron chi connectivity index (χ0n) is 8.03. The molecule has 5 heteroatoms. The van der Waals surface area contributed by atoms with Gasteiger partial charge in [-0.05, 0) is 20.8 Å². The summed E-state index contributed by atoms with van der Waals surface area (Å²) in [5.74, 6) is -0.435. The van der Waals surface area contributed by atoms with Crippen LogP contribution in [0.5, 0.6) is 0 Å². The normalized spacial score (nSPS) is 11.6. The van der Waals surface area contributed by atoms with Gasteiger partial charge in [0, 0.05) is 6.20 Å². The number of nitrogens with two attached hydrogens (primary N) is 2. The van der Waals surface area contributed by atoms with Crippen molar-refractivity contribution in [2.45, 2.75) is 26.3 Å². The molecule has 13 heavy (non-hydrogen) atoms. The third-order valence-electron chi connectivity index (χ3n) is 2.11. The van der Waals surface area contributed by atoms with E-state index in [2.05, 4.69) is 5.10 Å². The maximum Gasteiger partial charge on any atom is 0.244 e. The molecule has 0 aliphatic heterocycles. The Labute approximate surface area is 76.7 Å². The molecule has 0 saturated carbocycles. The Kier molecular flexibility index (Phi) is 2.03. The Morgan fingerprint density at radius 1 is 1.62 bits per heavy atom. The number of carbonyl (C=O) groups excluding carboxylic acids is 1. The average molecular weight is 182 g/mol. The molecular weight excluding hydrogens is 168 g/mol. The summed E-state index contributed by atoms with van der Waals surface area (Å²) in [7, 11) is 0. The van der Waals surface area contributed by atoms with E-state index in [1.807, 2.05) is 0 Å². The van der Waals surface area contributed by atoms with Crippen LogP contribution in [0, 0.1) is 6.92 Å². The lowest BCUT2D eigenvalue weighted by Gasteiger charge is -2.20. The molecule has 0 atom stereocenters. The molecule has 1 aromatic rings. The van der Waals surface area contributed by atoms with Crippen LogP contribution in [0.2, 0.25) is 0 Å². The van der Waals surface area contributed by atoms with Crippen LogP contribution in [-0.2, 0) is 10.3 Å². The van der Waals surface area contributed by atoms with E-state index in [1.165, 1.54) is 4.68 Å². The predicted molar refractivity (Wildman–Crippen MR) is 49.9 cm³/mol. The van der Waals surface area contributed by atoms with Gasteiger partial charge < -0.3 is 11.5 Å². The lowest BCUT2D eigenvalue weighted by molar-refractivity contribution is -0.125. The molecule has 0 unspecified atom stereocenters. The van der Waals surface area contributed by atoms with Crippen LogP contribution in [0.1, 0.15) is 19.5 Å². The predicted octanol–water partition coefficient (Wildman–Crippen LogP) is -0.00588. The van der Waals surface area contributed by atoms with Crippen LogP contribution >= 0.6 is 0 Å². The van der Waals surface area contributed by atoms with Crippen LogP contribution < -0.4 is 11.5 Å². The number of hydrogen-bond acceptors (Lipinski definition) is 3. The van der Waals surface area contributed by atoms with Crippen molar-refractivity contribution in [2.75, 3.05) is 5.73 Å². The number of rotatable bonds is 2. The van der Waals surface area contributed by atoms with Gasteiger partial charge in [0.15, 0.2) is 0 Å². The second-order valence-corrected chi connectivity index (χ2v) is 3.54. The lowest BCUT2D eigenvalue weighted by atomic mass is 10.1. The first-order valence-corrected chi connectivity index (χ1v) is 3.98. The van der Waals surface area contributed by atoms with Crippen molar-refractivity contribution >= 4 is 11.6 Å². The molecule has 4 N–H and O–H groups in total. The van der Waals surface area contributed by atoms with Gasteiger partial charge in [0.25, 0.3) is 0 Å². The van der Waals surface area contributed by atoms with E-state index < -0.39 is 11.4 Å². The molecule has 0 aliphatic rings. The van der Waals surface area contributed by atoms with Crippen molar-refractivity contribution in [2.24, 2.45) is 5.73 Å². The van der Waals surface area contributed by atoms with Gasteiger partial charge in [-0.25, -0.2) is 0 Å². The summed E-state index contributed by atoms with van der Waals surface area (Å²) >= 11 is 0. The fourth-order valence-electron chi connectivity index (χ4n) is 0.873. The Morgan fingerprint density at radius 3 is 2.46 bits per heavy atom. The largest absolute Gasteiger partial charge is 0.396 e. The van der Waals surface area contributed by atoms with Gasteiger partial charge in [-0.3, -0.25) is 9.48 Å². The molecule has 0 spiro atoms. The number of primary amides is 1. The third kappa shape index (κ3) is 1.49. The molecule has 0 bridgehead atoms. The van der Waals surface area contributed by atoms with Crippen molar-refractivity contribution in [3.8, 4) is 0 Å². The number of anilines is 1. The van der Waals surface area contributed by atoms with Gasteiger partial charge in [0.1, 0.15) is 5.54 Å². The van der Waals surface area contributed by atoms with Crippen molar-refractivity contribution in [3.05, 3.63) is 11.9 Å². The summed E-state index contributed by atoms with van der Waals surface area (Å²) in [6.07, 6.45) is 1.61. The van der Waals surface area contributed by atoms with Gasteiger partial charge >= 0.3 is 0 Å². The first-order chi connectivity index (χ1) is 5.85. The Morgan fingerprint density at radius 2 is 2.15 bits per heavy atom. The SMILES string of the molecule is Cc1nn(C(C)(C)C(N)=O)cc1N. The van der Waals surface area contributed by atoms with Crippen LogP contribution in [0.4, 0.5) is 5.69 Å². The number of aryl methyl sites for hydroxylation is 1. The first-order valence-electron chi connectivity index (χ1n) is 3.98. The molecule has 72 valence electrons. The highest BCUT2D eigenvalue weighted by atomic mass is 16.1. The molecule has 0 aromatic carbocycles. The summed E-state index contributed by atoms with van der Waals surface area (Å²) in [5.41, 5.74) is 11.3. The summed E-state index contributed by atoms with van der Waals surface area (Å²) in [6.45, 7) is 5.17. The molecule has 0 aliphatic carbocycles. The van der Waals surface area contributed by atoms with E-state index in [0.29, 0.717) is 11.4 Å². The first kappa shape index (κ1) is 9.57. The van der Waals surface area contributed by atoms with Gasteiger partial charge in [-0.15, -0.1) is 0 Å². The van der Waals surface area contributed by atoms with E-state index in [9.17, 15) is 4.79 Å². The van der Waals surface area contributed by atoms with Crippen LogP contribution in [0.3, 0.4) is 0 Å². The lowest BCUT2D eigenvalue weighted by Crippen LogP contribution is -2.41. The van der Waals surface area contributed by atoms with E-state index in [-0.39, 0.29) is 0 Å². The second kappa shape index (κ2) is 2.76. The fourth-order valence-corrected chi connectivity index (χ4v) is 0.873. The van der Waals surface area contributed by atoms with Crippen molar-refractivity contribution in [1.29, 1.82) is 0 Å². The van der Waals surface area contributed by atoms with E-state index >= 15 is 0 Å². The van der Waals surface area contributed by atoms with E-state index in [0.717, 1.165) is 0 Å². The number of hydrogen-bond donors (Lipinski definition) is 2. The minimum Gasteiger partial charge on any atom is -0.396 e. The Hall–Kier alpha value is -1.52. The molecule has 5 nitrogen and oxygen atoms in total. The topological polar surface area (TPSA) is 86.9 Å². The van der Waals surface area contributed by atoms with E-state index in [1.54, 1.807) is 27.0 Å². The molecule has 1 rings (SSSR count). The maximum absolute atomic E-state index is 11.1. The molecule has 0 saturated heterocycles. The molecule has 1 aromatic heterocycles. The maximum atomic E-state index is 11.1. The van der Waals surface area contributed by atoms with Crippen molar-refractivity contribution in [1.82, 2.24) is 9.78 Å². The summed E-state index contributed by atoms with van der Waals surface area (Å²) < 4.78 is 1.49. The minimum atomic E-state index is -0.831. The van der Waals surface area contributed by atoms with Gasteiger partial charge in [0.05, 0.1) is 11.4 Å². The number of nitrogens with zero attached hydrogens (tertiary/aromatic N) is 2. The van der Waals surface area contributed by atoms with Crippen LogP contribution in [0.25, 0.3) is 0 Å². The molecule has 0 radical (unpaired) electrons. The summed E-state index contributed by atoms with van der Waals surface area (Å²) in [5, 5.41) is 4.09. The molecule has 1 amide bonds. The number of aromatic nitrogens is 2. The van der Waals surface area contributed by atoms with Crippen LogP contribution in [-0.4, -0.2) is 15.7 Å². The molecular formula is C8H14N4O. The number of nitrogen functional groups attached to an aromatic ring is 1. The van der Waals surface area contributed by atoms with Gasteiger partial charge in [-0.1, -0.05) is 0 Å². The third-order valence-corrected chi connectivity index (χ3v) is 2.11. The standard InChI is InChI=1S/C8H14N4O/c1-5-6(9)4-12(11-5)8(2,3)7(10)13/h4H,9H2,1-3H3,(H2,10,13). The Balaban J connectivity index is 3.15. The zero-order chi connectivity index (χ0) is 10.2. The molecule has 1 heterocycles. The average Bonchev–Trinajstić information content (AvgIpc) is 2.32. The number of carbonyl (C=O) groups is 1. The molecule has 0 fully saturated rings. The zero-order valence-corrected chi connectivity index (χ0v) is 8.03.